The van der Waals surface area contributed by atoms with E-state index in [9.17, 15) is 4.79 Å². The molecule has 3 rings (SSSR count). The molecule has 0 bridgehead atoms. The maximum absolute atomic E-state index is 11.9. The molecule has 0 spiro atoms. The van der Waals surface area contributed by atoms with E-state index >= 15 is 0 Å². The van der Waals surface area contributed by atoms with Gasteiger partial charge in [0.25, 0.3) is 0 Å². The van der Waals surface area contributed by atoms with Crippen molar-refractivity contribution in [3.05, 3.63) is 102 Å². The summed E-state index contributed by atoms with van der Waals surface area (Å²) in [6, 6.07) is 27.7. The van der Waals surface area contributed by atoms with Crippen molar-refractivity contribution < 1.29 is 9.53 Å². The zero-order chi connectivity index (χ0) is 17.3. The van der Waals surface area contributed by atoms with Crippen LogP contribution >= 0.6 is 11.8 Å². The Balaban J connectivity index is 1.50. The van der Waals surface area contributed by atoms with E-state index in [-0.39, 0.29) is 5.97 Å². The van der Waals surface area contributed by atoms with Crippen molar-refractivity contribution in [2.24, 2.45) is 0 Å². The van der Waals surface area contributed by atoms with Gasteiger partial charge >= 0.3 is 5.97 Å². The lowest BCUT2D eigenvalue weighted by molar-refractivity contribution is -0.128. The van der Waals surface area contributed by atoms with Crippen LogP contribution in [0.15, 0.2) is 96.4 Å². The highest BCUT2D eigenvalue weighted by molar-refractivity contribution is 8.01. The fraction of sp³-hybridized carbons (Fsp3) is 0.0455. The smallest absolute Gasteiger partial charge is 0.336 e. The van der Waals surface area contributed by atoms with Crippen LogP contribution in [0.25, 0.3) is 11.1 Å². The van der Waals surface area contributed by atoms with E-state index in [1.54, 1.807) is 17.2 Å². The van der Waals surface area contributed by atoms with Crippen molar-refractivity contribution >= 4 is 17.7 Å². The van der Waals surface area contributed by atoms with Crippen LogP contribution in [0.1, 0.15) is 5.56 Å². The highest BCUT2D eigenvalue weighted by Crippen LogP contribution is 2.22. The van der Waals surface area contributed by atoms with Gasteiger partial charge in [-0.15, -0.1) is 11.8 Å². The van der Waals surface area contributed by atoms with Gasteiger partial charge in [0, 0.05) is 11.8 Å². The summed E-state index contributed by atoms with van der Waals surface area (Å²) in [5.74, 6) is 1.01. The normalized spacial score (nSPS) is 10.7. The van der Waals surface area contributed by atoms with E-state index in [4.69, 9.17) is 4.74 Å². The number of thioether (sulfide) groups is 1. The number of benzene rings is 3. The van der Waals surface area contributed by atoms with Crippen molar-refractivity contribution in [2.75, 3.05) is 0 Å². The minimum atomic E-state index is -0.368. The standard InChI is InChI=1S/C22H18O2S/c23-22(15-16-25-17-18-7-3-1-4-8-18)24-21-13-11-20(12-14-21)19-9-5-2-6-10-19/h1-16H,17H2/b16-15+. The zero-order valence-corrected chi connectivity index (χ0v) is 14.5. The summed E-state index contributed by atoms with van der Waals surface area (Å²) in [4.78, 5) is 11.9. The monoisotopic (exact) mass is 346 g/mol. The summed E-state index contributed by atoms with van der Waals surface area (Å²) in [5.41, 5.74) is 3.45. The summed E-state index contributed by atoms with van der Waals surface area (Å²) in [7, 11) is 0. The quantitative estimate of drug-likeness (QED) is 0.325. The van der Waals surface area contributed by atoms with Gasteiger partial charge in [0.1, 0.15) is 5.75 Å². The number of hydrogen-bond donors (Lipinski definition) is 0. The van der Waals surface area contributed by atoms with Crippen molar-refractivity contribution in [2.45, 2.75) is 5.75 Å². The molecule has 3 aromatic rings. The molecule has 124 valence electrons. The van der Waals surface area contributed by atoms with Gasteiger partial charge in [0.05, 0.1) is 0 Å². The molecule has 0 saturated carbocycles. The molecule has 0 radical (unpaired) electrons. The summed E-state index contributed by atoms with van der Waals surface area (Å²) in [6.07, 6.45) is 1.46. The van der Waals surface area contributed by atoms with E-state index in [1.807, 2.05) is 72.8 Å². The van der Waals surface area contributed by atoms with Crippen LogP contribution in [0.3, 0.4) is 0 Å². The first-order valence-corrected chi connectivity index (χ1v) is 9.05. The van der Waals surface area contributed by atoms with Gasteiger partial charge in [-0.05, 0) is 34.2 Å². The fourth-order valence-electron chi connectivity index (χ4n) is 2.32. The SMILES string of the molecule is O=C(/C=C/SCc1ccccc1)Oc1ccc(-c2ccccc2)cc1. The molecule has 0 aliphatic rings. The molecule has 25 heavy (non-hydrogen) atoms. The molecule has 0 heterocycles. The summed E-state index contributed by atoms with van der Waals surface area (Å²) >= 11 is 1.56. The molecule has 3 heteroatoms. The second kappa shape index (κ2) is 8.90. The highest BCUT2D eigenvalue weighted by atomic mass is 32.2. The van der Waals surface area contributed by atoms with Crippen LogP contribution in [-0.2, 0) is 10.5 Å². The second-order valence-electron chi connectivity index (χ2n) is 5.41. The van der Waals surface area contributed by atoms with Crippen molar-refractivity contribution in [1.82, 2.24) is 0 Å². The lowest BCUT2D eigenvalue weighted by Crippen LogP contribution is -2.03. The molecule has 0 saturated heterocycles. The van der Waals surface area contributed by atoms with E-state index in [2.05, 4.69) is 12.1 Å². The Morgan fingerprint density at radius 1 is 0.800 bits per heavy atom. The molecule has 0 aliphatic heterocycles. The van der Waals surface area contributed by atoms with E-state index in [0.29, 0.717) is 5.75 Å². The molecule has 0 N–H and O–H groups in total. The van der Waals surface area contributed by atoms with Crippen LogP contribution < -0.4 is 4.74 Å². The van der Waals surface area contributed by atoms with Crippen molar-refractivity contribution in [1.29, 1.82) is 0 Å². The first-order chi connectivity index (χ1) is 12.3. The first kappa shape index (κ1) is 17.1. The Morgan fingerprint density at radius 3 is 2.08 bits per heavy atom. The molecular formula is C22H18O2S. The third-order valence-corrected chi connectivity index (χ3v) is 4.40. The van der Waals surface area contributed by atoms with Gasteiger partial charge < -0.3 is 4.74 Å². The topological polar surface area (TPSA) is 26.3 Å². The van der Waals surface area contributed by atoms with Gasteiger partial charge in [0.2, 0.25) is 0 Å². The van der Waals surface area contributed by atoms with Crippen molar-refractivity contribution in [3.8, 4) is 16.9 Å². The third-order valence-electron chi connectivity index (χ3n) is 3.57. The average molecular weight is 346 g/mol. The van der Waals surface area contributed by atoms with Crippen LogP contribution in [-0.4, -0.2) is 5.97 Å². The first-order valence-electron chi connectivity index (χ1n) is 8.01. The minimum Gasteiger partial charge on any atom is -0.423 e. The van der Waals surface area contributed by atoms with E-state index < -0.39 is 0 Å². The molecular weight excluding hydrogens is 328 g/mol. The zero-order valence-electron chi connectivity index (χ0n) is 13.7. The highest BCUT2D eigenvalue weighted by Gasteiger charge is 2.02. The molecule has 3 aromatic carbocycles. The third kappa shape index (κ3) is 5.37. The predicted molar refractivity (Wildman–Crippen MR) is 104 cm³/mol. The molecule has 0 aromatic heterocycles. The van der Waals surface area contributed by atoms with Crippen molar-refractivity contribution in [3.63, 3.8) is 0 Å². The van der Waals surface area contributed by atoms with Crippen LogP contribution in [0.4, 0.5) is 0 Å². The van der Waals surface area contributed by atoms with Gasteiger partial charge in [-0.1, -0.05) is 72.8 Å². The van der Waals surface area contributed by atoms with E-state index in [1.165, 1.54) is 11.6 Å². The number of ether oxygens (including phenoxy) is 1. The van der Waals surface area contributed by atoms with Crippen LogP contribution in [0.5, 0.6) is 5.75 Å². The molecule has 0 fully saturated rings. The van der Waals surface area contributed by atoms with Gasteiger partial charge in [-0.2, -0.15) is 0 Å². The van der Waals surface area contributed by atoms with Gasteiger partial charge in [-0.3, -0.25) is 0 Å². The van der Waals surface area contributed by atoms with Gasteiger partial charge in [-0.25, -0.2) is 4.79 Å². The Bertz CT molecular complexity index is 825. The Morgan fingerprint density at radius 2 is 1.40 bits per heavy atom. The largest absolute Gasteiger partial charge is 0.423 e. The lowest BCUT2D eigenvalue weighted by atomic mass is 10.1. The summed E-state index contributed by atoms with van der Waals surface area (Å²) < 4.78 is 5.32. The molecule has 0 aliphatic carbocycles. The Hall–Kier alpha value is -2.78. The number of rotatable bonds is 6. The molecule has 2 nitrogen and oxygen atoms in total. The van der Waals surface area contributed by atoms with Gasteiger partial charge in [0.15, 0.2) is 0 Å². The molecule has 0 amide bonds. The summed E-state index contributed by atoms with van der Waals surface area (Å²) in [5, 5.41) is 1.77. The predicted octanol–water partition coefficient (Wildman–Crippen LogP) is 5.71. The minimum absolute atomic E-state index is 0.368. The van der Waals surface area contributed by atoms with Crippen LogP contribution in [0.2, 0.25) is 0 Å². The molecule has 0 atom stereocenters. The summed E-state index contributed by atoms with van der Waals surface area (Å²) in [6.45, 7) is 0. The second-order valence-corrected chi connectivity index (χ2v) is 6.31. The fourth-order valence-corrected chi connectivity index (χ4v) is 3.01. The number of hydrogen-bond acceptors (Lipinski definition) is 3. The Labute approximate surface area is 152 Å². The average Bonchev–Trinajstić information content (AvgIpc) is 2.67. The van der Waals surface area contributed by atoms with E-state index in [0.717, 1.165) is 16.9 Å². The Kier molecular flexibility index (Phi) is 6.07. The maximum Gasteiger partial charge on any atom is 0.336 e. The number of esters is 1. The van der Waals surface area contributed by atoms with Crippen LogP contribution in [0, 0.1) is 0 Å². The molecule has 0 unspecified atom stereocenters. The maximum atomic E-state index is 11.9. The number of carbonyl (C=O) groups is 1. The lowest BCUT2D eigenvalue weighted by Gasteiger charge is -2.04. The number of carbonyl (C=O) groups excluding carboxylic acids is 1.